The Morgan fingerprint density at radius 1 is 1.54 bits per heavy atom. The van der Waals surface area contributed by atoms with Crippen LogP contribution in [-0.4, -0.2) is 4.98 Å². The molecule has 0 atom stereocenters. The molecule has 0 saturated heterocycles. The van der Waals surface area contributed by atoms with Gasteiger partial charge in [-0.2, -0.15) is 0 Å². The molecule has 0 amide bonds. The van der Waals surface area contributed by atoms with Gasteiger partial charge in [0.25, 0.3) is 6.43 Å². The molecule has 0 aliphatic rings. The van der Waals surface area contributed by atoms with E-state index in [2.05, 4.69) is 4.98 Å². The van der Waals surface area contributed by atoms with E-state index in [9.17, 15) is 8.78 Å². The fraction of sp³-hybridized carbons (Fsp3) is 0.286. The van der Waals surface area contributed by atoms with Crippen LogP contribution >= 0.6 is 23.2 Å². The first-order valence-corrected chi connectivity index (χ1v) is 4.26. The van der Waals surface area contributed by atoms with Crippen LogP contribution in [0.2, 0.25) is 5.15 Å². The largest absolute Gasteiger partial charge is 0.384 e. The minimum absolute atomic E-state index is 0.0634. The van der Waals surface area contributed by atoms with Crippen LogP contribution in [0.3, 0.4) is 0 Å². The van der Waals surface area contributed by atoms with Crippen molar-refractivity contribution in [2.75, 3.05) is 5.73 Å². The molecule has 0 aromatic carbocycles. The van der Waals surface area contributed by atoms with Gasteiger partial charge in [0.05, 0.1) is 5.56 Å². The Kier molecular flexibility index (Phi) is 3.27. The molecule has 72 valence electrons. The predicted molar refractivity (Wildman–Crippen MR) is 48.2 cm³/mol. The third-order valence-electron chi connectivity index (χ3n) is 1.48. The van der Waals surface area contributed by atoms with Gasteiger partial charge in [-0.1, -0.05) is 11.6 Å². The molecule has 0 saturated carbocycles. The molecule has 1 heterocycles. The number of hydrogen-bond acceptors (Lipinski definition) is 2. The van der Waals surface area contributed by atoms with Gasteiger partial charge in [0.1, 0.15) is 11.0 Å². The maximum atomic E-state index is 12.4. The Balaban J connectivity index is 3.30. The van der Waals surface area contributed by atoms with Gasteiger partial charge >= 0.3 is 0 Å². The number of nitrogen functional groups attached to an aromatic ring is 1. The van der Waals surface area contributed by atoms with E-state index in [0.29, 0.717) is 0 Å². The standard InChI is InChI=1S/C7H6Cl2F2N2/c8-2-3-1-4(12)13-6(9)5(3)7(10)11/h1,7H,2H2,(H2,12,13). The van der Waals surface area contributed by atoms with Crippen LogP contribution in [-0.2, 0) is 5.88 Å². The molecular formula is C7H6Cl2F2N2. The number of anilines is 1. The zero-order valence-electron chi connectivity index (χ0n) is 6.40. The fourth-order valence-electron chi connectivity index (χ4n) is 0.935. The highest BCUT2D eigenvalue weighted by Gasteiger charge is 2.18. The van der Waals surface area contributed by atoms with Crippen LogP contribution in [0, 0.1) is 0 Å². The lowest BCUT2D eigenvalue weighted by molar-refractivity contribution is 0.150. The van der Waals surface area contributed by atoms with E-state index in [1.54, 1.807) is 0 Å². The number of pyridine rings is 1. The molecule has 2 N–H and O–H groups in total. The van der Waals surface area contributed by atoms with Crippen LogP contribution < -0.4 is 5.73 Å². The first kappa shape index (κ1) is 10.5. The van der Waals surface area contributed by atoms with E-state index in [1.807, 2.05) is 0 Å². The number of nitrogens with zero attached hydrogens (tertiary/aromatic N) is 1. The highest BCUT2D eigenvalue weighted by Crippen LogP contribution is 2.30. The third kappa shape index (κ3) is 2.19. The summed E-state index contributed by atoms with van der Waals surface area (Å²) in [6, 6.07) is 1.29. The molecule has 13 heavy (non-hydrogen) atoms. The Hall–Kier alpha value is -0.610. The van der Waals surface area contributed by atoms with Crippen LogP contribution in [0.1, 0.15) is 17.6 Å². The Bertz CT molecular complexity index is 318. The predicted octanol–water partition coefficient (Wildman–Crippen LogP) is 2.99. The van der Waals surface area contributed by atoms with Crippen molar-refractivity contribution in [1.82, 2.24) is 4.98 Å². The second kappa shape index (κ2) is 4.07. The number of hydrogen-bond donors (Lipinski definition) is 1. The molecule has 2 nitrogen and oxygen atoms in total. The molecule has 1 aromatic heterocycles. The van der Waals surface area contributed by atoms with Gasteiger partial charge in [-0.25, -0.2) is 13.8 Å². The first-order valence-electron chi connectivity index (χ1n) is 3.35. The van der Waals surface area contributed by atoms with Crippen molar-refractivity contribution >= 4 is 29.0 Å². The average Bonchev–Trinajstić information content (AvgIpc) is 2.01. The number of rotatable bonds is 2. The van der Waals surface area contributed by atoms with Crippen molar-refractivity contribution < 1.29 is 8.78 Å². The van der Waals surface area contributed by atoms with Crippen LogP contribution in [0.4, 0.5) is 14.6 Å². The molecule has 0 unspecified atom stereocenters. The number of alkyl halides is 3. The van der Waals surface area contributed by atoms with Crippen LogP contribution in [0.25, 0.3) is 0 Å². The highest BCUT2D eigenvalue weighted by molar-refractivity contribution is 6.30. The number of nitrogens with two attached hydrogens (primary N) is 1. The Labute approximate surface area is 83.7 Å². The summed E-state index contributed by atoms with van der Waals surface area (Å²) in [5.41, 5.74) is 5.18. The van der Waals surface area contributed by atoms with Gasteiger partial charge in [0.2, 0.25) is 0 Å². The summed E-state index contributed by atoms with van der Waals surface area (Å²) in [5, 5.41) is -0.286. The lowest BCUT2D eigenvalue weighted by Gasteiger charge is -2.08. The molecule has 0 bridgehead atoms. The summed E-state index contributed by atoms with van der Waals surface area (Å²) in [7, 11) is 0. The Morgan fingerprint density at radius 2 is 2.15 bits per heavy atom. The minimum atomic E-state index is -2.69. The highest BCUT2D eigenvalue weighted by atomic mass is 35.5. The van der Waals surface area contributed by atoms with Gasteiger partial charge in [-0.15, -0.1) is 11.6 Å². The molecule has 1 aromatic rings. The van der Waals surface area contributed by atoms with E-state index < -0.39 is 6.43 Å². The van der Waals surface area contributed by atoms with Crippen molar-refractivity contribution in [2.45, 2.75) is 12.3 Å². The zero-order valence-corrected chi connectivity index (χ0v) is 7.91. The molecule has 1 rings (SSSR count). The van der Waals surface area contributed by atoms with E-state index in [0.717, 1.165) is 0 Å². The van der Waals surface area contributed by atoms with Crippen molar-refractivity contribution in [3.8, 4) is 0 Å². The fourth-order valence-corrected chi connectivity index (χ4v) is 1.46. The maximum absolute atomic E-state index is 12.4. The van der Waals surface area contributed by atoms with Gasteiger partial charge in [0.15, 0.2) is 0 Å². The summed E-state index contributed by atoms with van der Waals surface area (Å²) in [5.74, 6) is 0.0246. The van der Waals surface area contributed by atoms with Crippen molar-refractivity contribution in [3.63, 3.8) is 0 Å². The van der Waals surface area contributed by atoms with E-state index in [1.165, 1.54) is 6.07 Å². The second-order valence-corrected chi connectivity index (χ2v) is 2.97. The quantitative estimate of drug-likeness (QED) is 0.622. The van der Waals surface area contributed by atoms with Crippen LogP contribution in [0.5, 0.6) is 0 Å². The third-order valence-corrected chi connectivity index (χ3v) is 2.06. The zero-order chi connectivity index (χ0) is 10.0. The first-order chi connectivity index (χ1) is 6.06. The average molecular weight is 227 g/mol. The number of halogens is 4. The monoisotopic (exact) mass is 226 g/mol. The molecule has 0 spiro atoms. The molecule has 0 radical (unpaired) electrons. The molecular weight excluding hydrogens is 221 g/mol. The smallest absolute Gasteiger partial charge is 0.267 e. The van der Waals surface area contributed by atoms with E-state index in [-0.39, 0.29) is 28.0 Å². The van der Waals surface area contributed by atoms with Crippen molar-refractivity contribution in [3.05, 3.63) is 22.3 Å². The maximum Gasteiger partial charge on any atom is 0.267 e. The lowest BCUT2D eigenvalue weighted by atomic mass is 10.1. The SMILES string of the molecule is Nc1cc(CCl)c(C(F)F)c(Cl)n1. The minimum Gasteiger partial charge on any atom is -0.384 e. The molecule has 0 aliphatic heterocycles. The summed E-state index contributed by atoms with van der Waals surface area (Å²) < 4.78 is 24.8. The molecule has 0 fully saturated rings. The van der Waals surface area contributed by atoms with E-state index >= 15 is 0 Å². The summed E-state index contributed by atoms with van der Waals surface area (Å²) in [4.78, 5) is 3.51. The summed E-state index contributed by atoms with van der Waals surface area (Å²) >= 11 is 10.9. The second-order valence-electron chi connectivity index (χ2n) is 2.35. The summed E-state index contributed by atoms with van der Waals surface area (Å²) in [6.45, 7) is 0. The normalized spacial score (nSPS) is 10.8. The van der Waals surface area contributed by atoms with Gasteiger partial charge < -0.3 is 5.73 Å². The van der Waals surface area contributed by atoms with Gasteiger partial charge in [-0.3, -0.25) is 0 Å². The van der Waals surface area contributed by atoms with Crippen molar-refractivity contribution in [2.24, 2.45) is 0 Å². The van der Waals surface area contributed by atoms with Gasteiger partial charge in [0, 0.05) is 5.88 Å². The van der Waals surface area contributed by atoms with Crippen LogP contribution in [0.15, 0.2) is 6.07 Å². The van der Waals surface area contributed by atoms with Gasteiger partial charge in [-0.05, 0) is 11.6 Å². The lowest BCUT2D eigenvalue weighted by Crippen LogP contribution is -2.00. The molecule has 6 heteroatoms. The molecule has 0 aliphatic carbocycles. The Morgan fingerprint density at radius 3 is 2.62 bits per heavy atom. The topological polar surface area (TPSA) is 38.9 Å². The van der Waals surface area contributed by atoms with Crippen molar-refractivity contribution in [1.29, 1.82) is 0 Å². The number of aromatic nitrogens is 1. The summed E-state index contributed by atoms with van der Waals surface area (Å²) in [6.07, 6.45) is -2.69. The van der Waals surface area contributed by atoms with E-state index in [4.69, 9.17) is 28.9 Å².